The molecule has 0 spiro atoms. The summed E-state index contributed by atoms with van der Waals surface area (Å²) in [5.74, 6) is -1.55. The predicted molar refractivity (Wildman–Crippen MR) is 71.4 cm³/mol. The van der Waals surface area contributed by atoms with Crippen LogP contribution in [-0.4, -0.2) is 46.4 Å². The monoisotopic (exact) mass is 346 g/mol. The number of fused-ring (bicyclic) bond motifs is 1. The van der Waals surface area contributed by atoms with E-state index in [0.29, 0.717) is 12.8 Å². The Hall–Kier alpha value is -1.57. The van der Waals surface area contributed by atoms with Crippen molar-refractivity contribution >= 4 is 33.7 Å². The van der Waals surface area contributed by atoms with Crippen molar-refractivity contribution in [2.45, 2.75) is 36.4 Å². The van der Waals surface area contributed by atoms with Crippen LogP contribution < -0.4 is 5.73 Å². The molecule has 110 valence electrons. The maximum absolute atomic E-state index is 11.8. The molecule has 2 heterocycles. The number of nitrogens with zero attached hydrogens (tertiary/aromatic N) is 1. The van der Waals surface area contributed by atoms with Gasteiger partial charge in [0.05, 0.1) is 11.4 Å². The fraction of sp³-hybridized carbons (Fsp3) is 0.583. The normalized spacial score (nSPS) is 31.9. The molecule has 0 aromatic rings. The standard InChI is InChI=1S/C12H15BrN2O5/c1-6(16)15-7(10(18)19-2)5-12(13)4-3-8(9(14)17)20-11(12)15/h3,7,11H,4-5H2,1-2H3,(H2,14,17)/t7-,11+,12-/m0/s1. The zero-order chi connectivity index (χ0) is 15.1. The molecule has 2 rings (SSSR count). The van der Waals surface area contributed by atoms with Gasteiger partial charge in [-0.25, -0.2) is 4.79 Å². The first-order valence-corrected chi connectivity index (χ1v) is 6.81. The van der Waals surface area contributed by atoms with Gasteiger partial charge in [0.2, 0.25) is 5.91 Å². The number of esters is 1. The lowest BCUT2D eigenvalue weighted by Crippen LogP contribution is -2.50. The molecular formula is C12H15BrN2O5. The van der Waals surface area contributed by atoms with E-state index in [1.54, 1.807) is 6.08 Å². The number of methoxy groups -OCH3 is 1. The number of hydrogen-bond donors (Lipinski definition) is 1. The van der Waals surface area contributed by atoms with Gasteiger partial charge < -0.3 is 15.2 Å². The molecule has 8 heteroatoms. The molecule has 1 fully saturated rings. The molecule has 2 aliphatic heterocycles. The number of rotatable bonds is 2. The molecule has 0 bridgehead atoms. The highest BCUT2D eigenvalue weighted by Gasteiger charge is 2.57. The van der Waals surface area contributed by atoms with Crippen LogP contribution in [0.2, 0.25) is 0 Å². The summed E-state index contributed by atoms with van der Waals surface area (Å²) in [4.78, 5) is 36.2. The molecule has 1 saturated heterocycles. The summed E-state index contributed by atoms with van der Waals surface area (Å²) in [6.07, 6.45) is 1.56. The number of nitrogens with two attached hydrogens (primary N) is 1. The SMILES string of the molecule is COC(=O)[C@@H]1C[C@@]2(Br)CC=C(C(N)=O)O[C@H]2N1C(C)=O. The van der Waals surface area contributed by atoms with Crippen LogP contribution in [0.1, 0.15) is 19.8 Å². The fourth-order valence-corrected chi connectivity index (χ4v) is 3.37. The highest BCUT2D eigenvalue weighted by Crippen LogP contribution is 2.47. The lowest BCUT2D eigenvalue weighted by atomic mass is 9.97. The van der Waals surface area contributed by atoms with Crippen LogP contribution in [0, 0.1) is 0 Å². The van der Waals surface area contributed by atoms with Gasteiger partial charge in [0, 0.05) is 6.92 Å². The van der Waals surface area contributed by atoms with Crippen molar-refractivity contribution < 1.29 is 23.9 Å². The van der Waals surface area contributed by atoms with E-state index in [-0.39, 0.29) is 11.7 Å². The van der Waals surface area contributed by atoms with Gasteiger partial charge in [-0.1, -0.05) is 15.9 Å². The van der Waals surface area contributed by atoms with Gasteiger partial charge in [-0.15, -0.1) is 0 Å². The molecule has 7 nitrogen and oxygen atoms in total. The zero-order valence-corrected chi connectivity index (χ0v) is 12.7. The summed E-state index contributed by atoms with van der Waals surface area (Å²) in [7, 11) is 1.26. The summed E-state index contributed by atoms with van der Waals surface area (Å²) in [5.41, 5.74) is 5.19. The third-order valence-electron chi connectivity index (χ3n) is 3.51. The van der Waals surface area contributed by atoms with E-state index in [9.17, 15) is 14.4 Å². The summed E-state index contributed by atoms with van der Waals surface area (Å²) in [6, 6.07) is -0.748. The van der Waals surface area contributed by atoms with Crippen molar-refractivity contribution in [3.63, 3.8) is 0 Å². The Morgan fingerprint density at radius 1 is 1.55 bits per heavy atom. The molecule has 0 aliphatic carbocycles. The van der Waals surface area contributed by atoms with Crippen molar-refractivity contribution in [1.82, 2.24) is 4.90 Å². The first-order chi connectivity index (χ1) is 9.30. The minimum atomic E-state index is -0.767. The Bertz CT molecular complexity index is 506. The minimum Gasteiger partial charge on any atom is -0.467 e. The number of hydrogen-bond acceptors (Lipinski definition) is 5. The van der Waals surface area contributed by atoms with E-state index in [1.807, 2.05) is 0 Å². The van der Waals surface area contributed by atoms with Crippen molar-refractivity contribution in [1.29, 1.82) is 0 Å². The number of carbonyl (C=O) groups is 3. The van der Waals surface area contributed by atoms with Gasteiger partial charge in [-0.3, -0.25) is 14.5 Å². The van der Waals surface area contributed by atoms with E-state index < -0.39 is 28.5 Å². The molecule has 0 aromatic carbocycles. The molecule has 2 N–H and O–H groups in total. The predicted octanol–water partition coefficient (Wildman–Crippen LogP) is 0.0295. The van der Waals surface area contributed by atoms with Gasteiger partial charge in [0.25, 0.3) is 5.91 Å². The number of likely N-dealkylation sites (tertiary alicyclic amines) is 1. The first kappa shape index (κ1) is 14.8. The Morgan fingerprint density at radius 3 is 2.70 bits per heavy atom. The number of ether oxygens (including phenoxy) is 2. The van der Waals surface area contributed by atoms with E-state index in [1.165, 1.54) is 18.9 Å². The third-order valence-corrected chi connectivity index (χ3v) is 4.55. The first-order valence-electron chi connectivity index (χ1n) is 6.02. The van der Waals surface area contributed by atoms with Crippen molar-refractivity contribution in [3.05, 3.63) is 11.8 Å². The van der Waals surface area contributed by atoms with Crippen molar-refractivity contribution in [2.24, 2.45) is 5.73 Å². The van der Waals surface area contributed by atoms with E-state index in [0.717, 1.165) is 0 Å². The number of halogens is 1. The van der Waals surface area contributed by atoms with Crippen LogP contribution in [0.5, 0.6) is 0 Å². The van der Waals surface area contributed by atoms with Crippen LogP contribution in [0.15, 0.2) is 11.8 Å². The highest BCUT2D eigenvalue weighted by molar-refractivity contribution is 9.10. The molecular weight excluding hydrogens is 332 g/mol. The molecule has 0 saturated carbocycles. The molecule has 2 amide bonds. The van der Waals surface area contributed by atoms with E-state index in [2.05, 4.69) is 15.9 Å². The average molecular weight is 347 g/mol. The Labute approximate surface area is 124 Å². The van der Waals surface area contributed by atoms with Crippen LogP contribution >= 0.6 is 15.9 Å². The zero-order valence-electron chi connectivity index (χ0n) is 11.1. The van der Waals surface area contributed by atoms with Crippen LogP contribution in [0.4, 0.5) is 0 Å². The Morgan fingerprint density at radius 2 is 2.20 bits per heavy atom. The molecule has 0 radical (unpaired) electrons. The van der Waals surface area contributed by atoms with E-state index in [4.69, 9.17) is 15.2 Å². The molecule has 0 aromatic heterocycles. The largest absolute Gasteiger partial charge is 0.467 e. The quantitative estimate of drug-likeness (QED) is 0.561. The van der Waals surface area contributed by atoms with Gasteiger partial charge in [0.15, 0.2) is 12.0 Å². The van der Waals surface area contributed by atoms with Crippen LogP contribution in [0.3, 0.4) is 0 Å². The lowest BCUT2D eigenvalue weighted by molar-refractivity contribution is -0.157. The van der Waals surface area contributed by atoms with Gasteiger partial charge >= 0.3 is 5.97 Å². The van der Waals surface area contributed by atoms with Gasteiger partial charge in [-0.2, -0.15) is 0 Å². The average Bonchev–Trinajstić information content (AvgIpc) is 2.69. The molecule has 20 heavy (non-hydrogen) atoms. The maximum atomic E-state index is 11.8. The summed E-state index contributed by atoms with van der Waals surface area (Å²) >= 11 is 3.52. The lowest BCUT2D eigenvalue weighted by Gasteiger charge is -2.36. The number of allylic oxidation sites excluding steroid dienone is 1. The Kier molecular flexibility index (Phi) is 3.77. The van der Waals surface area contributed by atoms with Gasteiger partial charge in [-0.05, 0) is 18.9 Å². The fourth-order valence-electron chi connectivity index (χ4n) is 2.59. The second-order valence-corrected chi connectivity index (χ2v) is 6.39. The maximum Gasteiger partial charge on any atom is 0.328 e. The topological polar surface area (TPSA) is 98.9 Å². The van der Waals surface area contributed by atoms with E-state index >= 15 is 0 Å². The minimum absolute atomic E-state index is 0.00170. The van der Waals surface area contributed by atoms with Crippen molar-refractivity contribution in [2.75, 3.05) is 7.11 Å². The second-order valence-electron chi connectivity index (χ2n) is 4.81. The molecule has 3 atom stereocenters. The smallest absolute Gasteiger partial charge is 0.328 e. The highest BCUT2D eigenvalue weighted by atomic mass is 79.9. The number of carbonyl (C=O) groups excluding carboxylic acids is 3. The second kappa shape index (κ2) is 5.08. The summed E-state index contributed by atoms with van der Waals surface area (Å²) < 4.78 is 9.60. The van der Waals surface area contributed by atoms with Gasteiger partial charge in [0.1, 0.15) is 6.04 Å². The number of amides is 2. The number of primary amides is 1. The summed E-state index contributed by atoms with van der Waals surface area (Å²) in [5, 5.41) is 0. The number of alkyl halides is 1. The Balaban J connectivity index is 2.36. The molecule has 2 aliphatic rings. The third kappa shape index (κ3) is 2.28. The van der Waals surface area contributed by atoms with Crippen LogP contribution in [-0.2, 0) is 23.9 Å². The molecule has 0 unspecified atom stereocenters. The summed E-state index contributed by atoms with van der Waals surface area (Å²) in [6.45, 7) is 1.33. The van der Waals surface area contributed by atoms with Crippen molar-refractivity contribution in [3.8, 4) is 0 Å². The van der Waals surface area contributed by atoms with Crippen LogP contribution in [0.25, 0.3) is 0 Å².